The maximum Gasteiger partial charge on any atom is 0.296 e. The van der Waals surface area contributed by atoms with Crippen LogP contribution in [-0.4, -0.2) is 8.42 Å². The van der Waals surface area contributed by atoms with E-state index in [9.17, 15) is 8.42 Å². The highest BCUT2D eigenvalue weighted by molar-refractivity contribution is 9.10. The highest BCUT2D eigenvalue weighted by Gasteiger charge is 2.03. The van der Waals surface area contributed by atoms with Gasteiger partial charge in [-0.05, 0) is 42.3 Å². The first-order valence-corrected chi connectivity index (χ1v) is 8.57. The van der Waals surface area contributed by atoms with Crippen molar-refractivity contribution in [2.75, 3.05) is 10.0 Å². The van der Waals surface area contributed by atoms with Crippen molar-refractivity contribution in [3.63, 3.8) is 0 Å². The molecule has 0 amide bonds. The summed E-state index contributed by atoms with van der Waals surface area (Å²) in [6, 6.07) is 13.1. The van der Waals surface area contributed by atoms with E-state index in [0.717, 1.165) is 15.7 Å². The maximum atomic E-state index is 11.0. The molecule has 2 aromatic rings. The number of nitrogens with two attached hydrogens (primary N) is 1. The van der Waals surface area contributed by atoms with Gasteiger partial charge in [0.25, 0.3) is 10.2 Å². The number of halogens is 1. The minimum absolute atomic E-state index is 0.425. The molecular formula is C14H16BrN3O2S. The fourth-order valence-corrected chi connectivity index (χ4v) is 2.58. The van der Waals surface area contributed by atoms with Crippen LogP contribution >= 0.6 is 15.9 Å². The Kier molecular flexibility index (Phi) is 4.87. The molecule has 21 heavy (non-hydrogen) atoms. The Morgan fingerprint density at radius 2 is 1.86 bits per heavy atom. The van der Waals surface area contributed by atoms with Gasteiger partial charge in [0.1, 0.15) is 0 Å². The van der Waals surface area contributed by atoms with E-state index in [1.54, 1.807) is 18.2 Å². The molecule has 0 saturated carbocycles. The molecule has 112 valence electrons. The Hall–Kier alpha value is -1.57. The third-order valence-electron chi connectivity index (χ3n) is 2.84. The Morgan fingerprint density at radius 1 is 1.14 bits per heavy atom. The van der Waals surface area contributed by atoms with E-state index >= 15 is 0 Å². The summed E-state index contributed by atoms with van der Waals surface area (Å²) >= 11 is 3.47. The van der Waals surface area contributed by atoms with E-state index in [2.05, 4.69) is 32.0 Å². The predicted molar refractivity (Wildman–Crippen MR) is 89.4 cm³/mol. The normalized spacial score (nSPS) is 11.2. The first-order chi connectivity index (χ1) is 9.83. The number of anilines is 2. The zero-order chi connectivity index (χ0) is 15.5. The SMILES string of the molecule is Cc1cc(CNc2cccc(NS(N)(=O)=O)c2)ccc1Br. The molecule has 7 heteroatoms. The highest BCUT2D eigenvalue weighted by atomic mass is 79.9. The quantitative estimate of drug-likeness (QED) is 0.757. The van der Waals surface area contributed by atoms with Crippen LogP contribution in [0.25, 0.3) is 0 Å². The molecule has 5 nitrogen and oxygen atoms in total. The van der Waals surface area contributed by atoms with Gasteiger partial charge in [-0.25, -0.2) is 5.14 Å². The maximum absolute atomic E-state index is 11.0. The molecule has 0 atom stereocenters. The van der Waals surface area contributed by atoms with Crippen molar-refractivity contribution < 1.29 is 8.42 Å². The Bertz CT molecular complexity index is 748. The van der Waals surface area contributed by atoms with Gasteiger partial charge in [0, 0.05) is 16.7 Å². The van der Waals surface area contributed by atoms with Crippen molar-refractivity contribution in [2.45, 2.75) is 13.5 Å². The van der Waals surface area contributed by atoms with Gasteiger partial charge in [0.05, 0.1) is 5.69 Å². The molecular weight excluding hydrogens is 354 g/mol. The molecule has 0 heterocycles. The number of hydrogen-bond donors (Lipinski definition) is 3. The third kappa shape index (κ3) is 5.04. The zero-order valence-corrected chi connectivity index (χ0v) is 13.8. The number of rotatable bonds is 5. The van der Waals surface area contributed by atoms with Crippen molar-refractivity contribution in [2.24, 2.45) is 5.14 Å². The Morgan fingerprint density at radius 3 is 2.52 bits per heavy atom. The number of benzene rings is 2. The van der Waals surface area contributed by atoms with Crippen LogP contribution in [0, 0.1) is 6.92 Å². The molecule has 0 aliphatic carbocycles. The van der Waals surface area contributed by atoms with Gasteiger partial charge in [0.2, 0.25) is 0 Å². The topological polar surface area (TPSA) is 84.2 Å². The van der Waals surface area contributed by atoms with Gasteiger partial charge in [-0.2, -0.15) is 8.42 Å². The average Bonchev–Trinajstić information content (AvgIpc) is 2.39. The lowest BCUT2D eigenvalue weighted by Gasteiger charge is -2.10. The van der Waals surface area contributed by atoms with E-state index < -0.39 is 10.2 Å². The molecule has 0 fully saturated rings. The molecule has 0 aliphatic heterocycles. The fourth-order valence-electron chi connectivity index (χ4n) is 1.88. The van der Waals surface area contributed by atoms with Gasteiger partial charge in [-0.15, -0.1) is 0 Å². The minimum atomic E-state index is -3.75. The van der Waals surface area contributed by atoms with Crippen molar-refractivity contribution in [1.82, 2.24) is 0 Å². The molecule has 0 spiro atoms. The smallest absolute Gasteiger partial charge is 0.296 e. The van der Waals surface area contributed by atoms with Crippen LogP contribution in [0.3, 0.4) is 0 Å². The van der Waals surface area contributed by atoms with Crippen LogP contribution in [0.1, 0.15) is 11.1 Å². The van der Waals surface area contributed by atoms with Crippen LogP contribution < -0.4 is 15.2 Å². The zero-order valence-electron chi connectivity index (χ0n) is 11.4. The summed E-state index contributed by atoms with van der Waals surface area (Å²) in [7, 11) is -3.75. The van der Waals surface area contributed by atoms with Crippen LogP contribution in [0.15, 0.2) is 46.9 Å². The van der Waals surface area contributed by atoms with Crippen molar-refractivity contribution >= 4 is 37.5 Å². The number of aryl methyl sites for hydroxylation is 1. The molecule has 0 bridgehead atoms. The van der Waals surface area contributed by atoms with Crippen LogP contribution in [0.4, 0.5) is 11.4 Å². The van der Waals surface area contributed by atoms with Crippen molar-refractivity contribution in [3.05, 3.63) is 58.1 Å². The summed E-state index contributed by atoms with van der Waals surface area (Å²) < 4.78 is 25.3. The molecule has 0 saturated heterocycles. The van der Waals surface area contributed by atoms with Crippen LogP contribution in [-0.2, 0) is 16.8 Å². The second kappa shape index (κ2) is 6.46. The van der Waals surface area contributed by atoms with Crippen LogP contribution in [0.2, 0.25) is 0 Å². The molecule has 2 aromatic carbocycles. The van der Waals surface area contributed by atoms with E-state index in [0.29, 0.717) is 12.2 Å². The van der Waals surface area contributed by atoms with Crippen LogP contribution in [0.5, 0.6) is 0 Å². The standard InChI is InChI=1S/C14H16BrN3O2S/c1-10-7-11(5-6-14(10)15)9-17-12-3-2-4-13(8-12)18-21(16,19)20/h2-8,17-18H,9H2,1H3,(H2,16,19,20). The molecule has 0 radical (unpaired) electrons. The van der Waals surface area contributed by atoms with Crippen molar-refractivity contribution in [3.8, 4) is 0 Å². The molecule has 0 unspecified atom stereocenters. The lowest BCUT2D eigenvalue weighted by atomic mass is 10.1. The molecule has 0 aromatic heterocycles. The predicted octanol–water partition coefficient (Wildman–Crippen LogP) is 2.99. The van der Waals surface area contributed by atoms with E-state index in [4.69, 9.17) is 5.14 Å². The van der Waals surface area contributed by atoms with Gasteiger partial charge in [-0.3, -0.25) is 4.72 Å². The number of hydrogen-bond acceptors (Lipinski definition) is 3. The summed E-state index contributed by atoms with van der Waals surface area (Å²) in [5.74, 6) is 0. The fraction of sp³-hybridized carbons (Fsp3) is 0.143. The summed E-state index contributed by atoms with van der Waals surface area (Å²) in [5, 5.41) is 8.19. The van der Waals surface area contributed by atoms with Gasteiger partial charge in [-0.1, -0.05) is 34.1 Å². The Balaban J connectivity index is 2.06. The highest BCUT2D eigenvalue weighted by Crippen LogP contribution is 2.19. The first kappa shape index (κ1) is 15.8. The summed E-state index contributed by atoms with van der Waals surface area (Å²) in [4.78, 5) is 0. The second-order valence-electron chi connectivity index (χ2n) is 4.66. The largest absolute Gasteiger partial charge is 0.381 e. The van der Waals surface area contributed by atoms with Crippen molar-refractivity contribution in [1.29, 1.82) is 0 Å². The first-order valence-electron chi connectivity index (χ1n) is 6.23. The van der Waals surface area contributed by atoms with Gasteiger partial charge in [0.15, 0.2) is 0 Å². The second-order valence-corrected chi connectivity index (χ2v) is 6.81. The molecule has 2 rings (SSSR count). The number of nitrogens with one attached hydrogen (secondary N) is 2. The average molecular weight is 370 g/mol. The molecule has 0 aliphatic rings. The van der Waals surface area contributed by atoms with Gasteiger partial charge < -0.3 is 5.32 Å². The lowest BCUT2D eigenvalue weighted by Crippen LogP contribution is -2.21. The van der Waals surface area contributed by atoms with Gasteiger partial charge >= 0.3 is 0 Å². The third-order valence-corrected chi connectivity index (χ3v) is 4.25. The molecule has 4 N–H and O–H groups in total. The lowest BCUT2D eigenvalue weighted by molar-refractivity contribution is 0.603. The summed E-state index contributed by atoms with van der Waals surface area (Å²) in [5.41, 5.74) is 3.54. The Labute approximate surface area is 132 Å². The van der Waals surface area contributed by atoms with E-state index in [-0.39, 0.29) is 0 Å². The van der Waals surface area contributed by atoms with E-state index in [1.165, 1.54) is 5.56 Å². The summed E-state index contributed by atoms with van der Waals surface area (Å²) in [6.07, 6.45) is 0. The minimum Gasteiger partial charge on any atom is -0.381 e. The van der Waals surface area contributed by atoms with E-state index in [1.807, 2.05) is 25.1 Å². The monoisotopic (exact) mass is 369 g/mol. The summed E-state index contributed by atoms with van der Waals surface area (Å²) in [6.45, 7) is 2.68.